The lowest BCUT2D eigenvalue weighted by atomic mass is 10.2. The second-order valence-corrected chi connectivity index (χ2v) is 6.69. The number of benzene rings is 1. The third-order valence-electron chi connectivity index (χ3n) is 4.08. The van der Waals surface area contributed by atoms with Gasteiger partial charge >= 0.3 is 0 Å². The number of aromatic amines is 1. The number of hydrogen-bond donors (Lipinski definition) is 1. The predicted octanol–water partition coefficient (Wildman–Crippen LogP) is 3.16. The van der Waals surface area contributed by atoms with E-state index < -0.39 is 0 Å². The molecule has 8 heteroatoms. The van der Waals surface area contributed by atoms with Crippen molar-refractivity contribution in [3.63, 3.8) is 0 Å². The molecule has 1 saturated heterocycles. The summed E-state index contributed by atoms with van der Waals surface area (Å²) in [5.41, 5.74) is 3.02. The zero-order valence-corrected chi connectivity index (χ0v) is 14.4. The van der Waals surface area contributed by atoms with Crippen molar-refractivity contribution in [3.8, 4) is 11.3 Å². The van der Waals surface area contributed by atoms with Gasteiger partial charge in [0.15, 0.2) is 0 Å². The average molecular weight is 362 g/mol. The van der Waals surface area contributed by atoms with Gasteiger partial charge < -0.3 is 9.72 Å². The largest absolute Gasteiger partial charge is 0.378 e. The fourth-order valence-electron chi connectivity index (χ4n) is 2.82. The molecule has 1 atom stereocenters. The van der Waals surface area contributed by atoms with Crippen LogP contribution in [0.2, 0.25) is 5.02 Å². The fraction of sp³-hybridized carbons (Fsp3) is 0.312. The fourth-order valence-corrected chi connectivity index (χ4v) is 3.39. The third kappa shape index (κ3) is 3.34. The highest BCUT2D eigenvalue weighted by molar-refractivity contribution is 7.03. The van der Waals surface area contributed by atoms with Crippen LogP contribution in [-0.2, 0) is 11.3 Å². The van der Waals surface area contributed by atoms with Gasteiger partial charge in [-0.2, -0.15) is 0 Å². The molecule has 0 aliphatic carbocycles. The summed E-state index contributed by atoms with van der Waals surface area (Å²) in [6.07, 6.45) is 1.86. The Bertz CT molecular complexity index is 789. The smallest absolute Gasteiger partial charge is 0.126 e. The molecular weight excluding hydrogens is 346 g/mol. The first-order valence-corrected chi connectivity index (χ1v) is 8.89. The van der Waals surface area contributed by atoms with Crippen molar-refractivity contribution in [2.75, 3.05) is 19.8 Å². The minimum Gasteiger partial charge on any atom is -0.378 e. The summed E-state index contributed by atoms with van der Waals surface area (Å²) in [6, 6.07) is 7.80. The summed E-state index contributed by atoms with van der Waals surface area (Å²) in [7, 11) is 0. The van der Waals surface area contributed by atoms with E-state index in [1.807, 2.05) is 35.8 Å². The van der Waals surface area contributed by atoms with Gasteiger partial charge in [-0.15, -0.1) is 5.10 Å². The van der Waals surface area contributed by atoms with E-state index in [0.29, 0.717) is 6.61 Å². The van der Waals surface area contributed by atoms with Crippen LogP contribution in [0.25, 0.3) is 11.3 Å². The molecule has 1 aliphatic rings. The molecule has 6 nitrogen and oxygen atoms in total. The summed E-state index contributed by atoms with van der Waals surface area (Å²) in [6.45, 7) is 2.94. The van der Waals surface area contributed by atoms with Crippen molar-refractivity contribution in [2.24, 2.45) is 0 Å². The Morgan fingerprint density at radius 2 is 2.21 bits per heavy atom. The maximum absolute atomic E-state index is 5.95. The molecule has 3 aromatic rings. The molecule has 1 fully saturated rings. The number of aromatic nitrogens is 4. The van der Waals surface area contributed by atoms with Crippen LogP contribution < -0.4 is 0 Å². The lowest BCUT2D eigenvalue weighted by molar-refractivity contribution is -0.0161. The molecule has 0 amide bonds. The zero-order chi connectivity index (χ0) is 16.4. The van der Waals surface area contributed by atoms with Gasteiger partial charge in [-0.3, -0.25) is 4.90 Å². The van der Waals surface area contributed by atoms with Gasteiger partial charge in [-0.05, 0) is 29.2 Å². The number of halogens is 1. The number of hydrogen-bond acceptors (Lipinski definition) is 6. The molecule has 1 aliphatic heterocycles. The third-order valence-corrected chi connectivity index (χ3v) is 4.88. The van der Waals surface area contributed by atoms with Gasteiger partial charge in [0.2, 0.25) is 0 Å². The maximum atomic E-state index is 5.95. The molecule has 0 bridgehead atoms. The van der Waals surface area contributed by atoms with Crippen molar-refractivity contribution in [3.05, 3.63) is 52.4 Å². The van der Waals surface area contributed by atoms with E-state index in [-0.39, 0.29) is 6.04 Å². The second-order valence-electron chi connectivity index (χ2n) is 5.65. The van der Waals surface area contributed by atoms with Gasteiger partial charge in [-0.25, -0.2) is 4.98 Å². The van der Waals surface area contributed by atoms with Gasteiger partial charge in [-0.1, -0.05) is 28.2 Å². The number of rotatable bonds is 4. The minimum atomic E-state index is 0.0847. The van der Waals surface area contributed by atoms with E-state index in [4.69, 9.17) is 16.3 Å². The van der Waals surface area contributed by atoms with Crippen molar-refractivity contribution in [1.82, 2.24) is 24.5 Å². The van der Waals surface area contributed by atoms with Gasteiger partial charge in [0.05, 0.1) is 36.8 Å². The van der Waals surface area contributed by atoms with Crippen LogP contribution >= 0.6 is 23.1 Å². The van der Waals surface area contributed by atoms with E-state index >= 15 is 0 Å². The molecule has 24 heavy (non-hydrogen) atoms. The van der Waals surface area contributed by atoms with Crippen LogP contribution in [0.1, 0.15) is 17.6 Å². The summed E-state index contributed by atoms with van der Waals surface area (Å²) in [5.74, 6) is 0.905. The summed E-state index contributed by atoms with van der Waals surface area (Å²) in [5, 5.41) is 6.85. The van der Waals surface area contributed by atoms with Crippen molar-refractivity contribution in [1.29, 1.82) is 0 Å². The van der Waals surface area contributed by atoms with Crippen molar-refractivity contribution in [2.45, 2.75) is 12.6 Å². The van der Waals surface area contributed by atoms with Gasteiger partial charge in [0.25, 0.3) is 0 Å². The molecule has 0 spiro atoms. The molecule has 4 rings (SSSR count). The number of H-pyrrole nitrogens is 1. The Balaban J connectivity index is 1.56. The van der Waals surface area contributed by atoms with Crippen LogP contribution in [0.4, 0.5) is 0 Å². The molecule has 1 N–H and O–H groups in total. The molecule has 0 radical (unpaired) electrons. The lowest BCUT2D eigenvalue weighted by Gasteiger charge is -2.33. The summed E-state index contributed by atoms with van der Waals surface area (Å²) in [4.78, 5) is 10.3. The Labute approximate surface area is 148 Å². The number of ether oxygens (including phenoxy) is 1. The number of nitrogens with one attached hydrogen (secondary N) is 1. The number of imidazole rings is 1. The number of nitrogens with zero attached hydrogens (tertiary/aromatic N) is 4. The first-order chi connectivity index (χ1) is 11.8. The Morgan fingerprint density at radius 1 is 1.33 bits per heavy atom. The van der Waals surface area contributed by atoms with Crippen LogP contribution in [0.5, 0.6) is 0 Å². The highest BCUT2D eigenvalue weighted by Crippen LogP contribution is 2.26. The van der Waals surface area contributed by atoms with Gasteiger partial charge in [0.1, 0.15) is 5.82 Å². The highest BCUT2D eigenvalue weighted by atomic mass is 35.5. The summed E-state index contributed by atoms with van der Waals surface area (Å²) >= 11 is 7.33. The molecule has 1 unspecified atom stereocenters. The molecule has 124 valence electrons. The maximum Gasteiger partial charge on any atom is 0.126 e. The quantitative estimate of drug-likeness (QED) is 0.773. The van der Waals surface area contributed by atoms with E-state index in [1.54, 1.807) is 0 Å². The molecule has 0 saturated carbocycles. The second kappa shape index (κ2) is 6.98. The summed E-state index contributed by atoms with van der Waals surface area (Å²) < 4.78 is 9.60. The normalized spacial score (nSPS) is 18.8. The SMILES string of the molecule is Clc1ccc(-c2cnc(C3COCCN3Cc3csnn3)[nH]2)cc1. The van der Waals surface area contributed by atoms with Crippen LogP contribution in [0.3, 0.4) is 0 Å². The molecular formula is C16H16ClN5OS. The monoisotopic (exact) mass is 361 g/mol. The topological polar surface area (TPSA) is 66.9 Å². The molecule has 3 heterocycles. The Kier molecular flexibility index (Phi) is 4.57. The van der Waals surface area contributed by atoms with E-state index in [9.17, 15) is 0 Å². The predicted molar refractivity (Wildman–Crippen MR) is 92.9 cm³/mol. The Morgan fingerprint density at radius 3 is 3.00 bits per heavy atom. The lowest BCUT2D eigenvalue weighted by Crippen LogP contribution is -2.39. The zero-order valence-electron chi connectivity index (χ0n) is 12.9. The van der Waals surface area contributed by atoms with E-state index in [2.05, 4.69) is 24.5 Å². The van der Waals surface area contributed by atoms with Crippen LogP contribution in [-0.4, -0.2) is 44.2 Å². The van der Waals surface area contributed by atoms with Crippen molar-refractivity contribution >= 4 is 23.1 Å². The minimum absolute atomic E-state index is 0.0847. The van der Waals surface area contributed by atoms with E-state index in [0.717, 1.165) is 47.5 Å². The first kappa shape index (κ1) is 15.7. The Hall–Kier alpha value is -1.80. The standard InChI is InChI=1S/C16H16ClN5OS/c17-12-3-1-11(2-4-12)14-7-18-16(19-14)15-9-23-6-5-22(15)8-13-10-24-21-20-13/h1-4,7,10,15H,5-6,8-9H2,(H,18,19). The van der Waals surface area contributed by atoms with E-state index in [1.165, 1.54) is 11.5 Å². The molecule has 2 aromatic heterocycles. The highest BCUT2D eigenvalue weighted by Gasteiger charge is 2.27. The average Bonchev–Trinajstić information content (AvgIpc) is 3.28. The van der Waals surface area contributed by atoms with Crippen LogP contribution in [0, 0.1) is 0 Å². The first-order valence-electron chi connectivity index (χ1n) is 7.68. The molecule has 1 aromatic carbocycles. The van der Waals surface area contributed by atoms with Gasteiger partial charge in [0, 0.05) is 23.5 Å². The van der Waals surface area contributed by atoms with Crippen LogP contribution in [0.15, 0.2) is 35.8 Å². The van der Waals surface area contributed by atoms with Crippen molar-refractivity contribution < 1.29 is 4.74 Å². The number of morpholine rings is 1.